The lowest BCUT2D eigenvalue weighted by atomic mass is 10.1. The van der Waals surface area contributed by atoms with Crippen LogP contribution in [0, 0.1) is 0 Å². The van der Waals surface area contributed by atoms with Gasteiger partial charge in [-0.3, -0.25) is 9.59 Å². The van der Waals surface area contributed by atoms with Gasteiger partial charge in [-0.2, -0.15) is 0 Å². The van der Waals surface area contributed by atoms with Gasteiger partial charge in [-0.15, -0.1) is 0 Å². The van der Waals surface area contributed by atoms with E-state index in [2.05, 4.69) is 4.74 Å². The maximum absolute atomic E-state index is 12.0. The number of ether oxygens (including phenoxy) is 3. The van der Waals surface area contributed by atoms with Crippen LogP contribution < -0.4 is 0 Å². The van der Waals surface area contributed by atoms with Crippen LogP contribution in [0.5, 0.6) is 11.5 Å². The number of benzene rings is 4. The van der Waals surface area contributed by atoms with Crippen LogP contribution in [-0.4, -0.2) is 59.5 Å². The Balaban J connectivity index is 0.000000246. The fourth-order valence-corrected chi connectivity index (χ4v) is 4.42. The largest absolute Gasteiger partial charge is 0.508 e. The highest BCUT2D eigenvalue weighted by molar-refractivity contribution is 5.96. The molecule has 0 saturated heterocycles. The summed E-state index contributed by atoms with van der Waals surface area (Å²) in [5, 5.41) is 30.8. The Kier molecular flexibility index (Phi) is 13.6. The first-order valence-electron chi connectivity index (χ1n) is 14.7. The van der Waals surface area contributed by atoms with Crippen LogP contribution >= 0.6 is 0 Å². The van der Waals surface area contributed by atoms with Crippen molar-refractivity contribution < 1.29 is 48.7 Å². The Morgan fingerprint density at radius 2 is 0.978 bits per heavy atom. The van der Waals surface area contributed by atoms with Crippen LogP contribution in [0.2, 0.25) is 0 Å². The zero-order chi connectivity index (χ0) is 32.6. The quantitative estimate of drug-likeness (QED) is 0.0781. The molecule has 10 heteroatoms. The van der Waals surface area contributed by atoms with E-state index in [0.29, 0.717) is 43.4 Å². The summed E-state index contributed by atoms with van der Waals surface area (Å²) in [7, 11) is 1.37. The summed E-state index contributed by atoms with van der Waals surface area (Å²) in [6.45, 7) is 0.611. The van der Waals surface area contributed by atoms with Crippen molar-refractivity contribution >= 4 is 45.4 Å². The number of carbonyl (C=O) groups excluding carboxylic acids is 3. The van der Waals surface area contributed by atoms with Gasteiger partial charge < -0.3 is 29.5 Å². The number of unbranched alkanes of at least 4 members (excludes halogenated alkanes) is 4. The summed E-state index contributed by atoms with van der Waals surface area (Å²) in [6.07, 6.45) is 4.74. The Labute approximate surface area is 261 Å². The zero-order valence-corrected chi connectivity index (χ0v) is 25.2. The van der Waals surface area contributed by atoms with Crippen LogP contribution in [0.15, 0.2) is 72.8 Å². The van der Waals surface area contributed by atoms with Gasteiger partial charge in [0, 0.05) is 12.8 Å². The Morgan fingerprint density at radius 3 is 1.42 bits per heavy atom. The fourth-order valence-electron chi connectivity index (χ4n) is 4.42. The van der Waals surface area contributed by atoms with E-state index < -0.39 is 11.9 Å². The van der Waals surface area contributed by atoms with Gasteiger partial charge in [-0.25, -0.2) is 9.59 Å². The van der Waals surface area contributed by atoms with E-state index in [-0.39, 0.29) is 36.5 Å². The SMILES string of the molecule is COC(=O)CCCCCOC(=O)c1ccc2cc(O)ccc2c1.O=C(O)CCCCCOC(=O)c1ccc2cc(O)ccc2c1. The second-order valence-corrected chi connectivity index (χ2v) is 10.4. The summed E-state index contributed by atoms with van der Waals surface area (Å²) in [5.74, 6) is -1.41. The molecule has 0 fully saturated rings. The third kappa shape index (κ3) is 11.8. The Bertz CT molecular complexity index is 1610. The van der Waals surface area contributed by atoms with Crippen molar-refractivity contribution in [2.24, 2.45) is 0 Å². The molecule has 4 aromatic rings. The number of hydrogen-bond acceptors (Lipinski definition) is 9. The minimum absolute atomic E-state index is 0.144. The predicted octanol–water partition coefficient (Wildman–Crippen LogP) is 6.78. The van der Waals surface area contributed by atoms with E-state index in [0.717, 1.165) is 40.8 Å². The molecule has 0 unspecified atom stereocenters. The van der Waals surface area contributed by atoms with Crippen molar-refractivity contribution in [3.8, 4) is 11.5 Å². The first-order valence-corrected chi connectivity index (χ1v) is 14.7. The molecular weight excluding hydrogens is 580 g/mol. The third-order valence-corrected chi connectivity index (χ3v) is 6.87. The van der Waals surface area contributed by atoms with E-state index in [4.69, 9.17) is 14.6 Å². The van der Waals surface area contributed by atoms with Crippen molar-refractivity contribution in [1.29, 1.82) is 0 Å². The number of carboxylic acids is 1. The Morgan fingerprint density at radius 1 is 0.556 bits per heavy atom. The minimum Gasteiger partial charge on any atom is -0.508 e. The van der Waals surface area contributed by atoms with Crippen molar-refractivity contribution in [1.82, 2.24) is 0 Å². The summed E-state index contributed by atoms with van der Waals surface area (Å²) in [5.41, 5.74) is 0.946. The molecule has 0 aromatic heterocycles. The number of carbonyl (C=O) groups is 4. The minimum atomic E-state index is -0.806. The smallest absolute Gasteiger partial charge is 0.338 e. The maximum atomic E-state index is 12.0. The topological polar surface area (TPSA) is 157 Å². The van der Waals surface area contributed by atoms with Crippen LogP contribution in [0.4, 0.5) is 0 Å². The number of carboxylic acid groups (broad SMARTS) is 1. The predicted molar refractivity (Wildman–Crippen MR) is 168 cm³/mol. The Hall–Kier alpha value is -5.12. The molecular formula is C35H38O10. The van der Waals surface area contributed by atoms with Gasteiger partial charge in [-0.05, 0) is 109 Å². The number of esters is 3. The summed E-state index contributed by atoms with van der Waals surface area (Å²) in [6, 6.07) is 20.3. The van der Waals surface area contributed by atoms with E-state index in [1.807, 2.05) is 0 Å². The molecule has 10 nitrogen and oxygen atoms in total. The molecule has 0 saturated carbocycles. The van der Waals surface area contributed by atoms with Crippen molar-refractivity contribution in [3.63, 3.8) is 0 Å². The number of rotatable bonds is 14. The number of phenols is 2. The second kappa shape index (κ2) is 17.9. The molecule has 0 heterocycles. The summed E-state index contributed by atoms with van der Waals surface area (Å²) >= 11 is 0. The van der Waals surface area contributed by atoms with E-state index in [1.165, 1.54) is 7.11 Å². The number of aliphatic carboxylic acids is 1. The molecule has 45 heavy (non-hydrogen) atoms. The van der Waals surface area contributed by atoms with Gasteiger partial charge >= 0.3 is 23.9 Å². The van der Waals surface area contributed by atoms with Gasteiger partial charge in [0.1, 0.15) is 11.5 Å². The third-order valence-electron chi connectivity index (χ3n) is 6.87. The van der Waals surface area contributed by atoms with E-state index in [1.54, 1.807) is 72.8 Å². The average molecular weight is 619 g/mol. The summed E-state index contributed by atoms with van der Waals surface area (Å²) < 4.78 is 15.0. The lowest BCUT2D eigenvalue weighted by molar-refractivity contribution is -0.141. The van der Waals surface area contributed by atoms with Crippen molar-refractivity contribution in [3.05, 3.63) is 83.9 Å². The highest BCUT2D eigenvalue weighted by Gasteiger charge is 2.10. The zero-order valence-electron chi connectivity index (χ0n) is 25.2. The molecule has 4 rings (SSSR count). The number of phenolic OH excluding ortho intramolecular Hbond substituents is 2. The standard InChI is InChI=1S/C18H20O5.C17H18O5/c1-22-17(20)5-3-2-4-10-23-18(21)15-7-6-14-12-16(19)9-8-13(14)11-15;18-15-8-7-12-10-14(6-5-13(12)11-15)17(21)22-9-3-1-2-4-16(19)20/h6-9,11-12,19H,2-5,10H2,1H3;5-8,10-11,18H,1-4,9H2,(H,19,20). The van der Waals surface area contributed by atoms with Gasteiger partial charge in [-0.1, -0.05) is 24.3 Å². The normalized spacial score (nSPS) is 10.5. The number of methoxy groups -OCH3 is 1. The lowest BCUT2D eigenvalue weighted by Crippen LogP contribution is -2.06. The van der Waals surface area contributed by atoms with Gasteiger partial charge in [0.25, 0.3) is 0 Å². The lowest BCUT2D eigenvalue weighted by Gasteiger charge is -2.06. The van der Waals surface area contributed by atoms with Gasteiger partial charge in [0.2, 0.25) is 0 Å². The molecule has 238 valence electrons. The highest BCUT2D eigenvalue weighted by Crippen LogP contribution is 2.22. The van der Waals surface area contributed by atoms with Crippen LogP contribution in [-0.2, 0) is 23.8 Å². The fraction of sp³-hybridized carbons (Fsp3) is 0.314. The highest BCUT2D eigenvalue weighted by atomic mass is 16.5. The molecule has 0 aliphatic heterocycles. The molecule has 0 aliphatic rings. The molecule has 0 radical (unpaired) electrons. The maximum Gasteiger partial charge on any atom is 0.338 e. The molecule has 4 aromatic carbocycles. The molecule has 0 spiro atoms. The molecule has 0 bridgehead atoms. The number of aromatic hydroxyl groups is 2. The number of fused-ring (bicyclic) bond motifs is 2. The first kappa shape index (κ1) is 34.4. The van der Waals surface area contributed by atoms with E-state index in [9.17, 15) is 29.4 Å². The first-order chi connectivity index (χ1) is 21.7. The van der Waals surface area contributed by atoms with Gasteiger partial charge in [0.05, 0.1) is 31.5 Å². The second-order valence-electron chi connectivity index (χ2n) is 10.4. The molecule has 0 atom stereocenters. The molecule has 0 aliphatic carbocycles. The van der Waals surface area contributed by atoms with E-state index >= 15 is 0 Å². The average Bonchev–Trinajstić information content (AvgIpc) is 3.03. The van der Waals surface area contributed by atoms with Crippen molar-refractivity contribution in [2.45, 2.75) is 51.4 Å². The monoisotopic (exact) mass is 618 g/mol. The van der Waals surface area contributed by atoms with Crippen molar-refractivity contribution in [2.75, 3.05) is 20.3 Å². The van der Waals surface area contributed by atoms with Gasteiger partial charge in [0.15, 0.2) is 0 Å². The molecule has 0 amide bonds. The summed E-state index contributed by atoms with van der Waals surface area (Å²) in [4.78, 5) is 45.2. The van der Waals surface area contributed by atoms with Crippen LogP contribution in [0.25, 0.3) is 21.5 Å². The number of hydrogen-bond donors (Lipinski definition) is 3. The van der Waals surface area contributed by atoms with Crippen LogP contribution in [0.3, 0.4) is 0 Å². The van der Waals surface area contributed by atoms with Crippen LogP contribution in [0.1, 0.15) is 72.1 Å². The molecule has 3 N–H and O–H groups in total.